The minimum atomic E-state index is 0.692. The lowest BCUT2D eigenvalue weighted by atomic mass is 10.1. The van der Waals surface area contributed by atoms with Gasteiger partial charge in [-0.2, -0.15) is 0 Å². The van der Waals surface area contributed by atoms with Crippen LogP contribution in [0.25, 0.3) is 0 Å². The zero-order valence-electron chi connectivity index (χ0n) is 9.75. The van der Waals surface area contributed by atoms with E-state index in [9.17, 15) is 0 Å². The van der Waals surface area contributed by atoms with Gasteiger partial charge in [0.15, 0.2) is 0 Å². The molecule has 0 aliphatic heterocycles. The molecule has 0 aromatic heterocycles. The number of hydrogen-bond donors (Lipinski definition) is 0. The van der Waals surface area contributed by atoms with Crippen LogP contribution in [0.3, 0.4) is 0 Å². The van der Waals surface area contributed by atoms with Crippen LogP contribution in [0.4, 0.5) is 0 Å². The largest absolute Gasteiger partial charge is 0.493 e. The summed E-state index contributed by atoms with van der Waals surface area (Å²) in [5.41, 5.74) is 1.45. The van der Waals surface area contributed by atoms with Crippen LogP contribution in [-0.4, -0.2) is 6.61 Å². The Kier molecular flexibility index (Phi) is 2.83. The molecular weight excluding hydrogens is 208 g/mol. The maximum Gasteiger partial charge on any atom is 0.119 e. The highest BCUT2D eigenvalue weighted by molar-refractivity contribution is 5.26. The molecular formula is C16H16O. The summed E-state index contributed by atoms with van der Waals surface area (Å²) >= 11 is 0. The molecule has 0 heterocycles. The van der Waals surface area contributed by atoms with Crippen LogP contribution in [0.2, 0.25) is 0 Å². The summed E-state index contributed by atoms with van der Waals surface area (Å²) in [7, 11) is 0. The maximum absolute atomic E-state index is 5.78. The van der Waals surface area contributed by atoms with Crippen molar-refractivity contribution in [2.75, 3.05) is 6.61 Å². The molecule has 1 fully saturated rings. The summed E-state index contributed by atoms with van der Waals surface area (Å²) in [6.07, 6.45) is 1.26. The van der Waals surface area contributed by atoms with Crippen molar-refractivity contribution in [1.29, 1.82) is 0 Å². The van der Waals surface area contributed by atoms with Crippen molar-refractivity contribution in [3.63, 3.8) is 0 Å². The average Bonchev–Trinajstić information content (AvgIpc) is 3.18. The highest BCUT2D eigenvalue weighted by atomic mass is 16.5. The minimum absolute atomic E-state index is 0.692. The highest BCUT2D eigenvalue weighted by Gasteiger charge is 2.38. The van der Waals surface area contributed by atoms with Crippen LogP contribution in [0, 0.1) is 5.92 Å². The smallest absolute Gasteiger partial charge is 0.119 e. The first-order valence-electron chi connectivity index (χ1n) is 6.16. The van der Waals surface area contributed by atoms with Gasteiger partial charge < -0.3 is 4.74 Å². The van der Waals surface area contributed by atoms with Gasteiger partial charge >= 0.3 is 0 Å². The Bertz CT molecular complexity index is 463. The molecule has 1 heteroatoms. The van der Waals surface area contributed by atoms with Crippen molar-refractivity contribution in [1.82, 2.24) is 0 Å². The molecule has 1 saturated carbocycles. The Balaban J connectivity index is 1.53. The summed E-state index contributed by atoms with van der Waals surface area (Å²) < 4.78 is 5.78. The topological polar surface area (TPSA) is 9.23 Å². The molecule has 1 aliphatic carbocycles. The Morgan fingerprint density at radius 2 is 1.53 bits per heavy atom. The van der Waals surface area contributed by atoms with Crippen LogP contribution in [0.5, 0.6) is 5.75 Å². The normalized spacial score (nSPS) is 22.1. The van der Waals surface area contributed by atoms with Gasteiger partial charge in [-0.3, -0.25) is 0 Å². The van der Waals surface area contributed by atoms with E-state index in [0.29, 0.717) is 11.8 Å². The molecule has 0 spiro atoms. The highest BCUT2D eigenvalue weighted by Crippen LogP contribution is 2.47. The van der Waals surface area contributed by atoms with Crippen molar-refractivity contribution in [2.45, 2.75) is 12.3 Å². The monoisotopic (exact) mass is 224 g/mol. The minimum Gasteiger partial charge on any atom is -0.493 e. The molecule has 2 atom stereocenters. The lowest BCUT2D eigenvalue weighted by Crippen LogP contribution is -2.00. The first-order chi connectivity index (χ1) is 8.43. The molecule has 2 unspecified atom stereocenters. The van der Waals surface area contributed by atoms with Gasteiger partial charge in [-0.25, -0.2) is 0 Å². The third-order valence-corrected chi connectivity index (χ3v) is 3.36. The first kappa shape index (κ1) is 10.4. The number of hydrogen-bond acceptors (Lipinski definition) is 1. The second-order valence-electron chi connectivity index (χ2n) is 4.64. The second-order valence-corrected chi connectivity index (χ2v) is 4.64. The van der Waals surface area contributed by atoms with E-state index in [4.69, 9.17) is 4.74 Å². The molecule has 0 amide bonds. The third-order valence-electron chi connectivity index (χ3n) is 3.36. The predicted molar refractivity (Wildman–Crippen MR) is 69.2 cm³/mol. The van der Waals surface area contributed by atoms with Crippen molar-refractivity contribution in [3.8, 4) is 5.75 Å². The predicted octanol–water partition coefficient (Wildman–Crippen LogP) is 3.87. The van der Waals surface area contributed by atoms with Crippen molar-refractivity contribution >= 4 is 0 Å². The van der Waals surface area contributed by atoms with Crippen molar-refractivity contribution in [3.05, 3.63) is 66.2 Å². The SMILES string of the molecule is c1ccc(OCC2CC2c2ccccc2)cc1. The van der Waals surface area contributed by atoms with Crippen LogP contribution in [0.15, 0.2) is 60.7 Å². The molecule has 1 aliphatic rings. The molecule has 17 heavy (non-hydrogen) atoms. The Morgan fingerprint density at radius 1 is 0.882 bits per heavy atom. The van der Waals surface area contributed by atoms with Gasteiger partial charge in [-0.15, -0.1) is 0 Å². The van der Waals surface area contributed by atoms with Gasteiger partial charge in [-0.05, 0) is 30.0 Å². The van der Waals surface area contributed by atoms with Crippen LogP contribution < -0.4 is 4.74 Å². The summed E-state index contributed by atoms with van der Waals surface area (Å²) in [5, 5.41) is 0. The zero-order valence-corrected chi connectivity index (χ0v) is 9.75. The van der Waals surface area contributed by atoms with Gasteiger partial charge in [0.25, 0.3) is 0 Å². The maximum atomic E-state index is 5.78. The van der Waals surface area contributed by atoms with Gasteiger partial charge in [0.1, 0.15) is 5.75 Å². The van der Waals surface area contributed by atoms with Crippen molar-refractivity contribution < 1.29 is 4.74 Å². The fraction of sp³-hybridized carbons (Fsp3) is 0.250. The molecule has 0 saturated heterocycles. The van der Waals surface area contributed by atoms with Gasteiger partial charge in [0.2, 0.25) is 0 Å². The summed E-state index contributed by atoms with van der Waals surface area (Å²) in [6, 6.07) is 20.8. The van der Waals surface area contributed by atoms with Crippen LogP contribution in [0.1, 0.15) is 17.9 Å². The Labute approximate surface area is 102 Å². The second kappa shape index (κ2) is 4.62. The zero-order chi connectivity index (χ0) is 11.5. The molecule has 2 aromatic carbocycles. The number of ether oxygens (including phenoxy) is 1. The molecule has 1 nitrogen and oxygen atoms in total. The lowest BCUT2D eigenvalue weighted by Gasteiger charge is -2.05. The van der Waals surface area contributed by atoms with Gasteiger partial charge in [-0.1, -0.05) is 48.5 Å². The number of para-hydroxylation sites is 1. The van der Waals surface area contributed by atoms with E-state index >= 15 is 0 Å². The molecule has 86 valence electrons. The fourth-order valence-electron chi connectivity index (χ4n) is 2.26. The van der Waals surface area contributed by atoms with E-state index in [-0.39, 0.29) is 0 Å². The summed E-state index contributed by atoms with van der Waals surface area (Å²) in [5.74, 6) is 2.38. The quantitative estimate of drug-likeness (QED) is 0.766. The molecule has 0 bridgehead atoms. The molecule has 0 radical (unpaired) electrons. The molecule has 2 aromatic rings. The third kappa shape index (κ3) is 2.50. The molecule has 3 rings (SSSR count). The lowest BCUT2D eigenvalue weighted by molar-refractivity contribution is 0.297. The summed E-state index contributed by atoms with van der Waals surface area (Å²) in [4.78, 5) is 0. The standard InChI is InChI=1S/C16H16O/c1-3-7-13(8-4-1)16-11-14(16)12-17-15-9-5-2-6-10-15/h1-10,14,16H,11-12H2. The fourth-order valence-corrected chi connectivity index (χ4v) is 2.26. The van der Waals surface area contributed by atoms with E-state index in [1.807, 2.05) is 30.3 Å². The van der Waals surface area contributed by atoms with E-state index in [2.05, 4.69) is 30.3 Å². The average molecular weight is 224 g/mol. The van der Waals surface area contributed by atoms with Crippen molar-refractivity contribution in [2.24, 2.45) is 5.92 Å². The van der Waals surface area contributed by atoms with Gasteiger partial charge in [0, 0.05) is 5.92 Å². The van der Waals surface area contributed by atoms with Crippen LogP contribution in [-0.2, 0) is 0 Å². The van der Waals surface area contributed by atoms with E-state index < -0.39 is 0 Å². The first-order valence-corrected chi connectivity index (χ1v) is 6.16. The van der Waals surface area contributed by atoms with E-state index in [1.165, 1.54) is 12.0 Å². The Hall–Kier alpha value is -1.76. The van der Waals surface area contributed by atoms with E-state index in [1.54, 1.807) is 0 Å². The summed E-state index contributed by atoms with van der Waals surface area (Å²) in [6.45, 7) is 0.837. The van der Waals surface area contributed by atoms with E-state index in [0.717, 1.165) is 12.4 Å². The Morgan fingerprint density at radius 3 is 2.24 bits per heavy atom. The van der Waals surface area contributed by atoms with Gasteiger partial charge in [0.05, 0.1) is 6.61 Å². The molecule has 0 N–H and O–H groups in total. The number of rotatable bonds is 4. The number of benzene rings is 2. The van der Waals surface area contributed by atoms with Crippen LogP contribution >= 0.6 is 0 Å².